The van der Waals surface area contributed by atoms with Crippen molar-refractivity contribution < 1.29 is 9.21 Å². The van der Waals surface area contributed by atoms with Crippen molar-refractivity contribution in [1.29, 1.82) is 0 Å². The summed E-state index contributed by atoms with van der Waals surface area (Å²) in [4.78, 5) is 16.8. The summed E-state index contributed by atoms with van der Waals surface area (Å²) in [5.41, 5.74) is 3.23. The number of oxazole rings is 1. The maximum absolute atomic E-state index is 12.3. The predicted octanol–water partition coefficient (Wildman–Crippen LogP) is 6.04. The molecule has 29 heavy (non-hydrogen) atoms. The highest BCUT2D eigenvalue weighted by molar-refractivity contribution is 9.10. The second-order valence-electron chi connectivity index (χ2n) is 6.10. The third kappa shape index (κ3) is 4.48. The maximum Gasteiger partial charge on any atom is 0.258 e. The van der Waals surface area contributed by atoms with Crippen LogP contribution in [0.4, 0.5) is 5.69 Å². The minimum atomic E-state index is -0.381. The number of nitrogens with zero attached hydrogens (tertiary/aromatic N) is 1. The first-order valence-electron chi connectivity index (χ1n) is 8.53. The molecule has 4 aromatic rings. The zero-order chi connectivity index (χ0) is 20.4. The minimum absolute atomic E-state index is 0.158. The van der Waals surface area contributed by atoms with Crippen molar-refractivity contribution in [3.63, 3.8) is 0 Å². The number of hydrogen-bond donors (Lipinski definition) is 2. The summed E-state index contributed by atoms with van der Waals surface area (Å²) < 4.78 is 6.80. The Bertz CT molecular complexity index is 1220. The van der Waals surface area contributed by atoms with Gasteiger partial charge in [-0.05, 0) is 66.8 Å². The fourth-order valence-electron chi connectivity index (χ4n) is 2.70. The number of thiocarbonyl (C=S) groups is 1. The topological polar surface area (TPSA) is 67.2 Å². The molecule has 1 amide bonds. The van der Waals surface area contributed by atoms with E-state index in [1.54, 1.807) is 42.5 Å². The number of nitrogens with one attached hydrogen (secondary N) is 2. The highest BCUT2D eigenvalue weighted by atomic mass is 79.9. The highest BCUT2D eigenvalue weighted by Gasteiger charge is 2.12. The molecule has 1 heterocycles. The summed E-state index contributed by atoms with van der Waals surface area (Å²) >= 11 is 14.7. The number of fused-ring (bicyclic) bond motifs is 1. The lowest BCUT2D eigenvalue weighted by molar-refractivity contribution is 0.0978. The van der Waals surface area contributed by atoms with Gasteiger partial charge in [-0.2, -0.15) is 0 Å². The number of rotatable bonds is 3. The van der Waals surface area contributed by atoms with Crippen LogP contribution >= 0.6 is 39.7 Å². The third-order valence-corrected chi connectivity index (χ3v) is 5.14. The van der Waals surface area contributed by atoms with Gasteiger partial charge < -0.3 is 9.73 Å². The fourth-order valence-corrected chi connectivity index (χ4v) is 3.40. The van der Waals surface area contributed by atoms with Crippen LogP contribution in [-0.4, -0.2) is 16.0 Å². The van der Waals surface area contributed by atoms with Crippen LogP contribution in [0.25, 0.3) is 22.6 Å². The Morgan fingerprint density at radius 2 is 1.83 bits per heavy atom. The van der Waals surface area contributed by atoms with Gasteiger partial charge in [-0.15, -0.1) is 0 Å². The molecule has 144 valence electrons. The number of amides is 1. The number of carbonyl (C=O) groups excluding carboxylic acids is 1. The van der Waals surface area contributed by atoms with E-state index in [2.05, 4.69) is 31.5 Å². The Labute approximate surface area is 185 Å². The van der Waals surface area contributed by atoms with Crippen LogP contribution in [0.1, 0.15) is 10.4 Å². The molecule has 0 unspecified atom stereocenters. The van der Waals surface area contributed by atoms with Gasteiger partial charge in [0.25, 0.3) is 5.91 Å². The largest absolute Gasteiger partial charge is 0.436 e. The average molecular weight is 487 g/mol. The Balaban J connectivity index is 1.49. The summed E-state index contributed by atoms with van der Waals surface area (Å²) in [6, 6.07) is 19.9. The fraction of sp³-hybridized carbons (Fsp3) is 0. The first kappa shape index (κ1) is 19.6. The lowest BCUT2D eigenvalue weighted by Crippen LogP contribution is -2.34. The van der Waals surface area contributed by atoms with Crippen molar-refractivity contribution in [2.75, 3.05) is 5.32 Å². The summed E-state index contributed by atoms with van der Waals surface area (Å²) in [5, 5.41) is 6.11. The SMILES string of the molecule is O=C(NC(=S)Nc1ccc2oc(-c3ccc(Br)cc3)nc2c1)c1ccccc1Cl. The van der Waals surface area contributed by atoms with Gasteiger partial charge >= 0.3 is 0 Å². The molecule has 0 radical (unpaired) electrons. The van der Waals surface area contributed by atoms with E-state index in [1.807, 2.05) is 24.3 Å². The third-order valence-electron chi connectivity index (χ3n) is 4.08. The standard InChI is InChI=1S/C21H13BrClN3O2S/c22-13-7-5-12(6-8-13)20-25-17-11-14(9-10-18(17)28-20)24-21(29)26-19(27)15-3-1-2-4-16(15)23/h1-11H,(H2,24,26,27,29). The van der Waals surface area contributed by atoms with E-state index < -0.39 is 0 Å². The molecule has 2 N–H and O–H groups in total. The second kappa shape index (κ2) is 8.32. The molecule has 0 aliphatic rings. The number of anilines is 1. The molecule has 0 aliphatic carbocycles. The van der Waals surface area contributed by atoms with Gasteiger partial charge in [-0.25, -0.2) is 4.98 Å². The van der Waals surface area contributed by atoms with Crippen molar-refractivity contribution >= 4 is 67.6 Å². The zero-order valence-electron chi connectivity index (χ0n) is 14.8. The Hall–Kier alpha value is -2.74. The monoisotopic (exact) mass is 485 g/mol. The number of hydrogen-bond acceptors (Lipinski definition) is 4. The second-order valence-corrected chi connectivity index (χ2v) is 7.83. The first-order chi connectivity index (χ1) is 14.0. The minimum Gasteiger partial charge on any atom is -0.436 e. The molecule has 8 heteroatoms. The van der Waals surface area contributed by atoms with Gasteiger partial charge in [0.2, 0.25) is 5.89 Å². The van der Waals surface area contributed by atoms with Crippen molar-refractivity contribution in [2.45, 2.75) is 0 Å². The Morgan fingerprint density at radius 3 is 2.59 bits per heavy atom. The summed E-state index contributed by atoms with van der Waals surface area (Å²) in [6.07, 6.45) is 0. The maximum atomic E-state index is 12.3. The summed E-state index contributed by atoms with van der Waals surface area (Å²) in [7, 11) is 0. The van der Waals surface area contributed by atoms with Crippen LogP contribution in [0.5, 0.6) is 0 Å². The number of aromatic nitrogens is 1. The number of halogens is 2. The van der Waals surface area contributed by atoms with Gasteiger partial charge in [0.15, 0.2) is 10.7 Å². The van der Waals surface area contributed by atoms with Gasteiger partial charge in [0.05, 0.1) is 10.6 Å². The molecule has 0 atom stereocenters. The van der Waals surface area contributed by atoms with Gasteiger partial charge in [-0.3, -0.25) is 10.1 Å². The van der Waals surface area contributed by atoms with E-state index in [0.717, 1.165) is 10.0 Å². The quantitative estimate of drug-likeness (QED) is 0.346. The molecule has 0 spiro atoms. The van der Waals surface area contributed by atoms with Crippen molar-refractivity contribution in [3.8, 4) is 11.5 Å². The summed E-state index contributed by atoms with van der Waals surface area (Å²) in [6.45, 7) is 0. The predicted molar refractivity (Wildman–Crippen MR) is 122 cm³/mol. The van der Waals surface area contributed by atoms with Crippen LogP contribution in [0.3, 0.4) is 0 Å². The normalized spacial score (nSPS) is 10.7. The average Bonchev–Trinajstić information content (AvgIpc) is 3.12. The van der Waals surface area contributed by atoms with Crippen molar-refractivity contribution in [1.82, 2.24) is 10.3 Å². The lowest BCUT2D eigenvalue weighted by Gasteiger charge is -2.10. The lowest BCUT2D eigenvalue weighted by atomic mass is 10.2. The molecule has 3 aromatic carbocycles. The van der Waals surface area contributed by atoms with E-state index in [4.69, 9.17) is 28.2 Å². The zero-order valence-corrected chi connectivity index (χ0v) is 17.9. The number of carbonyl (C=O) groups is 1. The van der Waals surface area contributed by atoms with Gasteiger partial charge in [-0.1, -0.05) is 39.7 Å². The van der Waals surface area contributed by atoms with Crippen LogP contribution in [0.2, 0.25) is 5.02 Å². The smallest absolute Gasteiger partial charge is 0.258 e. The van der Waals surface area contributed by atoms with Crippen LogP contribution in [0.15, 0.2) is 75.6 Å². The molecule has 1 aromatic heterocycles. The molecule has 5 nitrogen and oxygen atoms in total. The Morgan fingerprint density at radius 1 is 1.07 bits per heavy atom. The molecule has 0 saturated heterocycles. The molecule has 0 bridgehead atoms. The van der Waals surface area contributed by atoms with E-state index in [0.29, 0.717) is 33.3 Å². The highest BCUT2D eigenvalue weighted by Crippen LogP contribution is 2.27. The molecular formula is C21H13BrClN3O2S. The van der Waals surface area contributed by atoms with Crippen LogP contribution in [-0.2, 0) is 0 Å². The van der Waals surface area contributed by atoms with Gasteiger partial charge in [0.1, 0.15) is 5.52 Å². The molecular weight excluding hydrogens is 474 g/mol. The summed E-state index contributed by atoms with van der Waals surface area (Å²) in [5.74, 6) is 0.146. The molecule has 0 saturated carbocycles. The molecule has 0 fully saturated rings. The number of benzene rings is 3. The van der Waals surface area contributed by atoms with E-state index in [1.165, 1.54) is 0 Å². The van der Waals surface area contributed by atoms with Crippen molar-refractivity contribution in [3.05, 3.63) is 81.8 Å². The molecule has 0 aliphatic heterocycles. The van der Waals surface area contributed by atoms with E-state index >= 15 is 0 Å². The van der Waals surface area contributed by atoms with Crippen LogP contribution in [0, 0.1) is 0 Å². The van der Waals surface area contributed by atoms with Gasteiger partial charge in [0, 0.05) is 15.7 Å². The van der Waals surface area contributed by atoms with Crippen molar-refractivity contribution in [2.24, 2.45) is 0 Å². The first-order valence-corrected chi connectivity index (χ1v) is 10.1. The van der Waals surface area contributed by atoms with Crippen LogP contribution < -0.4 is 10.6 Å². The van der Waals surface area contributed by atoms with E-state index in [9.17, 15) is 4.79 Å². The Kier molecular flexibility index (Phi) is 5.62. The van der Waals surface area contributed by atoms with E-state index in [-0.39, 0.29) is 11.0 Å². The molecule has 4 rings (SSSR count).